The molecule has 17 heavy (non-hydrogen) atoms. The molecule has 1 N–H and O–H groups in total. The minimum absolute atomic E-state index is 0.289. The van der Waals surface area contributed by atoms with Crippen molar-refractivity contribution in [2.24, 2.45) is 0 Å². The summed E-state index contributed by atoms with van der Waals surface area (Å²) in [6.45, 7) is 1.64. The van der Waals surface area contributed by atoms with Crippen LogP contribution < -0.4 is 5.32 Å². The Labute approximate surface area is 101 Å². The molecule has 1 aromatic rings. The molecular weight excluding hydrogens is 218 g/mol. The Balaban J connectivity index is 1.93. The van der Waals surface area contributed by atoms with E-state index < -0.39 is 0 Å². The van der Waals surface area contributed by atoms with Gasteiger partial charge in [-0.25, -0.2) is 4.79 Å². The maximum Gasteiger partial charge on any atom is 0.337 e. The molecule has 0 amide bonds. The summed E-state index contributed by atoms with van der Waals surface area (Å²) in [5, 5.41) is 3.27. The van der Waals surface area contributed by atoms with E-state index in [1.165, 1.54) is 7.11 Å². The molecule has 2 rings (SSSR count). The Morgan fingerprint density at radius 2 is 2.47 bits per heavy atom. The fourth-order valence-electron chi connectivity index (χ4n) is 1.91. The van der Waals surface area contributed by atoms with Crippen LogP contribution in [-0.2, 0) is 9.47 Å². The van der Waals surface area contributed by atoms with Crippen molar-refractivity contribution in [3.8, 4) is 0 Å². The highest BCUT2D eigenvalue weighted by atomic mass is 16.5. The lowest BCUT2D eigenvalue weighted by Crippen LogP contribution is -2.18. The molecule has 1 aliphatic heterocycles. The number of esters is 1. The van der Waals surface area contributed by atoms with Gasteiger partial charge in [-0.3, -0.25) is 0 Å². The molecule has 1 saturated heterocycles. The van der Waals surface area contributed by atoms with Crippen molar-refractivity contribution in [2.45, 2.75) is 18.9 Å². The second kappa shape index (κ2) is 5.68. The maximum absolute atomic E-state index is 11.4. The van der Waals surface area contributed by atoms with Gasteiger partial charge in [0.2, 0.25) is 0 Å². The van der Waals surface area contributed by atoms with Crippen molar-refractivity contribution in [1.29, 1.82) is 0 Å². The van der Waals surface area contributed by atoms with Crippen molar-refractivity contribution in [1.82, 2.24) is 0 Å². The van der Waals surface area contributed by atoms with Crippen molar-refractivity contribution in [3.63, 3.8) is 0 Å². The molecule has 1 heterocycles. The van der Waals surface area contributed by atoms with E-state index in [0.29, 0.717) is 5.56 Å². The Hall–Kier alpha value is -1.55. The number of anilines is 1. The van der Waals surface area contributed by atoms with Gasteiger partial charge in [-0.15, -0.1) is 0 Å². The normalized spacial score (nSPS) is 19.0. The van der Waals surface area contributed by atoms with E-state index in [9.17, 15) is 4.79 Å². The quantitative estimate of drug-likeness (QED) is 0.811. The lowest BCUT2D eigenvalue weighted by molar-refractivity contribution is 0.0601. The fraction of sp³-hybridized carbons (Fsp3) is 0.462. The predicted molar refractivity (Wildman–Crippen MR) is 65.2 cm³/mol. The average molecular weight is 235 g/mol. The topological polar surface area (TPSA) is 47.6 Å². The molecule has 0 aliphatic carbocycles. The van der Waals surface area contributed by atoms with E-state index in [1.54, 1.807) is 12.1 Å². The number of benzene rings is 1. The first-order valence-corrected chi connectivity index (χ1v) is 5.83. The van der Waals surface area contributed by atoms with E-state index in [2.05, 4.69) is 10.1 Å². The number of nitrogens with one attached hydrogen (secondary N) is 1. The molecule has 92 valence electrons. The molecule has 4 heteroatoms. The van der Waals surface area contributed by atoms with Crippen LogP contribution in [0.15, 0.2) is 24.3 Å². The van der Waals surface area contributed by atoms with Gasteiger partial charge in [0.25, 0.3) is 0 Å². The van der Waals surface area contributed by atoms with Crippen LogP contribution in [0.4, 0.5) is 5.69 Å². The molecule has 1 aromatic carbocycles. The van der Waals surface area contributed by atoms with Crippen LogP contribution in [0.5, 0.6) is 0 Å². The second-order valence-electron chi connectivity index (χ2n) is 4.09. The van der Waals surface area contributed by atoms with E-state index in [-0.39, 0.29) is 12.1 Å². The second-order valence-corrected chi connectivity index (χ2v) is 4.09. The van der Waals surface area contributed by atoms with Crippen LogP contribution in [0.1, 0.15) is 23.2 Å². The lowest BCUT2D eigenvalue weighted by Gasteiger charge is -2.12. The number of methoxy groups -OCH3 is 1. The summed E-state index contributed by atoms with van der Waals surface area (Å²) in [6.07, 6.45) is 2.52. The first kappa shape index (κ1) is 11.9. The number of rotatable bonds is 4. The molecule has 0 saturated carbocycles. The zero-order valence-corrected chi connectivity index (χ0v) is 9.94. The van der Waals surface area contributed by atoms with E-state index in [4.69, 9.17) is 4.74 Å². The molecule has 0 bridgehead atoms. The summed E-state index contributed by atoms with van der Waals surface area (Å²) >= 11 is 0. The Kier molecular flexibility index (Phi) is 3.98. The maximum atomic E-state index is 11.4. The van der Waals surface area contributed by atoms with Gasteiger partial charge in [0, 0.05) is 18.8 Å². The summed E-state index contributed by atoms with van der Waals surface area (Å²) in [7, 11) is 1.38. The third-order valence-corrected chi connectivity index (χ3v) is 2.84. The summed E-state index contributed by atoms with van der Waals surface area (Å²) < 4.78 is 10.2. The highest BCUT2D eigenvalue weighted by molar-refractivity contribution is 5.90. The molecule has 1 fully saturated rings. The smallest absolute Gasteiger partial charge is 0.337 e. The highest BCUT2D eigenvalue weighted by Gasteiger charge is 2.15. The lowest BCUT2D eigenvalue weighted by atomic mass is 10.2. The Bertz CT molecular complexity index is 386. The summed E-state index contributed by atoms with van der Waals surface area (Å²) in [5.74, 6) is -0.314. The Morgan fingerprint density at radius 1 is 1.59 bits per heavy atom. The zero-order chi connectivity index (χ0) is 12.1. The van der Waals surface area contributed by atoms with Crippen molar-refractivity contribution < 1.29 is 14.3 Å². The van der Waals surface area contributed by atoms with Gasteiger partial charge in [-0.2, -0.15) is 0 Å². The number of carbonyl (C=O) groups excluding carboxylic acids is 1. The van der Waals surface area contributed by atoms with Gasteiger partial charge in [-0.1, -0.05) is 6.07 Å². The SMILES string of the molecule is COC(=O)c1cccc(NCC2CCCO2)c1. The molecule has 4 nitrogen and oxygen atoms in total. The van der Waals surface area contributed by atoms with Crippen molar-refractivity contribution in [2.75, 3.05) is 25.6 Å². The van der Waals surface area contributed by atoms with Crippen LogP contribution in [0, 0.1) is 0 Å². The molecule has 1 aliphatic rings. The monoisotopic (exact) mass is 235 g/mol. The van der Waals surface area contributed by atoms with Crippen LogP contribution in [0.3, 0.4) is 0 Å². The molecular formula is C13H17NO3. The van der Waals surface area contributed by atoms with Gasteiger partial charge >= 0.3 is 5.97 Å². The van der Waals surface area contributed by atoms with E-state index in [1.807, 2.05) is 12.1 Å². The number of hydrogen-bond donors (Lipinski definition) is 1. The van der Waals surface area contributed by atoms with Crippen LogP contribution in [-0.4, -0.2) is 32.3 Å². The Morgan fingerprint density at radius 3 is 3.18 bits per heavy atom. The molecule has 0 spiro atoms. The minimum Gasteiger partial charge on any atom is -0.465 e. The highest BCUT2D eigenvalue weighted by Crippen LogP contribution is 2.15. The zero-order valence-electron chi connectivity index (χ0n) is 9.94. The van der Waals surface area contributed by atoms with Crippen molar-refractivity contribution >= 4 is 11.7 Å². The molecule has 0 aromatic heterocycles. The number of carbonyl (C=O) groups is 1. The van der Waals surface area contributed by atoms with Gasteiger partial charge < -0.3 is 14.8 Å². The van der Waals surface area contributed by atoms with Gasteiger partial charge in [0.15, 0.2) is 0 Å². The average Bonchev–Trinajstić information content (AvgIpc) is 2.89. The standard InChI is InChI=1S/C13H17NO3/c1-16-13(15)10-4-2-5-11(8-10)14-9-12-6-3-7-17-12/h2,4-5,8,12,14H,3,6-7,9H2,1H3. The number of ether oxygens (including phenoxy) is 2. The molecule has 0 radical (unpaired) electrons. The first-order valence-electron chi connectivity index (χ1n) is 5.83. The third-order valence-electron chi connectivity index (χ3n) is 2.84. The van der Waals surface area contributed by atoms with Gasteiger partial charge in [-0.05, 0) is 31.0 Å². The van der Waals surface area contributed by atoms with Gasteiger partial charge in [0.05, 0.1) is 18.8 Å². The summed E-state index contributed by atoms with van der Waals surface area (Å²) in [6, 6.07) is 7.30. The third kappa shape index (κ3) is 3.20. The first-order chi connectivity index (χ1) is 8.29. The molecule has 1 unspecified atom stereocenters. The van der Waals surface area contributed by atoms with Crippen LogP contribution >= 0.6 is 0 Å². The van der Waals surface area contributed by atoms with E-state index >= 15 is 0 Å². The van der Waals surface area contributed by atoms with Crippen LogP contribution in [0.25, 0.3) is 0 Å². The minimum atomic E-state index is -0.314. The predicted octanol–water partition coefficient (Wildman–Crippen LogP) is 2.06. The van der Waals surface area contributed by atoms with Crippen LogP contribution in [0.2, 0.25) is 0 Å². The van der Waals surface area contributed by atoms with Crippen molar-refractivity contribution in [3.05, 3.63) is 29.8 Å². The fourth-order valence-corrected chi connectivity index (χ4v) is 1.91. The van der Waals surface area contributed by atoms with E-state index in [0.717, 1.165) is 31.7 Å². The van der Waals surface area contributed by atoms with Gasteiger partial charge in [0.1, 0.15) is 0 Å². The number of hydrogen-bond acceptors (Lipinski definition) is 4. The summed E-state index contributed by atoms with van der Waals surface area (Å²) in [4.78, 5) is 11.4. The summed E-state index contributed by atoms with van der Waals surface area (Å²) in [5.41, 5.74) is 1.48. The largest absolute Gasteiger partial charge is 0.465 e. The molecule has 1 atom stereocenters.